The van der Waals surface area contributed by atoms with Crippen LogP contribution in [0.1, 0.15) is 27.2 Å². The number of pyridine rings is 2. The number of carbonyl (C=O) groups excluding carboxylic acids is 1. The Morgan fingerprint density at radius 2 is 2.19 bits per heavy atom. The van der Waals surface area contributed by atoms with Gasteiger partial charge in [-0.15, -0.1) is 0 Å². The summed E-state index contributed by atoms with van der Waals surface area (Å²) in [6.45, 7) is 2.70. The summed E-state index contributed by atoms with van der Waals surface area (Å²) in [5.74, 6) is 5.37. The maximum absolute atomic E-state index is 12.0. The zero-order valence-corrected chi connectivity index (χ0v) is 11.8. The molecule has 0 aliphatic carbocycles. The molecule has 2 rings (SSSR count). The van der Waals surface area contributed by atoms with E-state index < -0.39 is 0 Å². The lowest BCUT2D eigenvalue weighted by molar-refractivity contribution is 0.0946. The molecule has 0 aromatic carbocycles. The lowest BCUT2D eigenvalue weighted by Crippen LogP contribution is -2.24. The Morgan fingerprint density at radius 3 is 2.86 bits per heavy atom. The molecule has 0 aliphatic heterocycles. The zero-order chi connectivity index (χ0) is 15.1. The second-order valence-corrected chi connectivity index (χ2v) is 4.42. The van der Waals surface area contributed by atoms with Crippen molar-refractivity contribution in [1.29, 1.82) is 0 Å². The Hall–Kier alpha value is -2.71. The molecule has 0 aliphatic rings. The van der Waals surface area contributed by atoms with Gasteiger partial charge in [-0.05, 0) is 36.2 Å². The number of aryl methyl sites for hydroxylation is 1. The first-order valence-electron chi connectivity index (χ1n) is 6.53. The average Bonchev–Trinajstić information content (AvgIpc) is 2.52. The van der Waals surface area contributed by atoms with E-state index >= 15 is 0 Å². The Balaban J connectivity index is 1.99. The molecular formula is C16H16N4O. The molecule has 0 fully saturated rings. The number of rotatable bonds is 3. The molecule has 21 heavy (non-hydrogen) atoms. The van der Waals surface area contributed by atoms with Crippen molar-refractivity contribution < 1.29 is 4.79 Å². The molecule has 0 bridgehead atoms. The highest BCUT2D eigenvalue weighted by atomic mass is 16.1. The second kappa shape index (κ2) is 7.17. The van der Waals surface area contributed by atoms with Crippen LogP contribution in [0.4, 0.5) is 0 Å². The summed E-state index contributed by atoms with van der Waals surface area (Å²) < 4.78 is 0. The summed E-state index contributed by atoms with van der Waals surface area (Å²) in [5.41, 5.74) is 8.46. The fourth-order valence-corrected chi connectivity index (χ4v) is 1.70. The van der Waals surface area contributed by atoms with E-state index in [1.54, 1.807) is 30.7 Å². The van der Waals surface area contributed by atoms with Crippen LogP contribution >= 0.6 is 0 Å². The van der Waals surface area contributed by atoms with Gasteiger partial charge in [0, 0.05) is 30.7 Å². The third kappa shape index (κ3) is 4.13. The Kier molecular flexibility index (Phi) is 5.02. The van der Waals surface area contributed by atoms with E-state index in [1.165, 1.54) is 0 Å². The predicted octanol–water partition coefficient (Wildman–Crippen LogP) is 1.03. The quantitative estimate of drug-likeness (QED) is 0.823. The smallest absolute Gasteiger partial charge is 0.270 e. The SMILES string of the molecule is Cc1ccncc1CNC(=O)c1ccc(C#CCN)cn1. The summed E-state index contributed by atoms with van der Waals surface area (Å²) in [5, 5.41) is 2.82. The fraction of sp³-hybridized carbons (Fsp3) is 0.188. The first-order valence-corrected chi connectivity index (χ1v) is 6.53. The van der Waals surface area contributed by atoms with Gasteiger partial charge in [-0.2, -0.15) is 0 Å². The number of aromatic nitrogens is 2. The minimum Gasteiger partial charge on any atom is -0.347 e. The fourth-order valence-electron chi connectivity index (χ4n) is 1.70. The van der Waals surface area contributed by atoms with Crippen molar-refractivity contribution in [3.05, 3.63) is 59.2 Å². The van der Waals surface area contributed by atoms with Gasteiger partial charge >= 0.3 is 0 Å². The minimum absolute atomic E-state index is 0.225. The number of hydrogen-bond donors (Lipinski definition) is 2. The van der Waals surface area contributed by atoms with E-state index in [9.17, 15) is 4.79 Å². The molecule has 0 atom stereocenters. The van der Waals surface area contributed by atoms with Crippen molar-refractivity contribution >= 4 is 5.91 Å². The van der Waals surface area contributed by atoms with E-state index in [1.807, 2.05) is 13.0 Å². The van der Waals surface area contributed by atoms with E-state index in [-0.39, 0.29) is 5.91 Å². The van der Waals surface area contributed by atoms with Crippen LogP contribution in [0.5, 0.6) is 0 Å². The van der Waals surface area contributed by atoms with Crippen molar-refractivity contribution in [1.82, 2.24) is 15.3 Å². The van der Waals surface area contributed by atoms with Crippen molar-refractivity contribution in [3.8, 4) is 11.8 Å². The molecule has 0 unspecified atom stereocenters. The number of amides is 1. The molecular weight excluding hydrogens is 264 g/mol. The first-order chi connectivity index (χ1) is 10.2. The van der Waals surface area contributed by atoms with Gasteiger partial charge in [0.1, 0.15) is 5.69 Å². The highest BCUT2D eigenvalue weighted by Crippen LogP contribution is 2.05. The summed E-state index contributed by atoms with van der Waals surface area (Å²) in [6, 6.07) is 5.30. The Bertz CT molecular complexity index is 683. The van der Waals surface area contributed by atoms with Crippen LogP contribution in [0.25, 0.3) is 0 Å². The van der Waals surface area contributed by atoms with Gasteiger partial charge < -0.3 is 11.1 Å². The highest BCUT2D eigenvalue weighted by molar-refractivity contribution is 5.92. The van der Waals surface area contributed by atoms with Crippen LogP contribution < -0.4 is 11.1 Å². The maximum Gasteiger partial charge on any atom is 0.270 e. The van der Waals surface area contributed by atoms with Crippen molar-refractivity contribution in [2.75, 3.05) is 6.54 Å². The molecule has 2 aromatic rings. The van der Waals surface area contributed by atoms with Gasteiger partial charge in [0.15, 0.2) is 0 Å². The molecule has 106 valence electrons. The van der Waals surface area contributed by atoms with Gasteiger partial charge in [-0.3, -0.25) is 9.78 Å². The summed E-state index contributed by atoms with van der Waals surface area (Å²) >= 11 is 0. The topological polar surface area (TPSA) is 80.9 Å². The van der Waals surface area contributed by atoms with Crippen LogP contribution in [0.3, 0.4) is 0 Å². The second-order valence-electron chi connectivity index (χ2n) is 4.42. The normalized spacial score (nSPS) is 9.62. The van der Waals surface area contributed by atoms with E-state index in [0.29, 0.717) is 18.8 Å². The lowest BCUT2D eigenvalue weighted by Gasteiger charge is -2.06. The number of nitrogens with two attached hydrogens (primary N) is 1. The van der Waals surface area contributed by atoms with Crippen LogP contribution in [-0.4, -0.2) is 22.4 Å². The van der Waals surface area contributed by atoms with Crippen molar-refractivity contribution in [3.63, 3.8) is 0 Å². The molecule has 0 spiro atoms. The van der Waals surface area contributed by atoms with Gasteiger partial charge in [0.2, 0.25) is 0 Å². The van der Waals surface area contributed by atoms with Crippen molar-refractivity contribution in [2.24, 2.45) is 5.73 Å². The molecule has 5 heteroatoms. The van der Waals surface area contributed by atoms with Gasteiger partial charge in [-0.1, -0.05) is 11.8 Å². The first kappa shape index (κ1) is 14.7. The maximum atomic E-state index is 12.0. The molecule has 3 N–H and O–H groups in total. The predicted molar refractivity (Wildman–Crippen MR) is 80.3 cm³/mol. The van der Waals surface area contributed by atoms with E-state index in [0.717, 1.165) is 16.7 Å². The van der Waals surface area contributed by atoms with Crippen molar-refractivity contribution in [2.45, 2.75) is 13.5 Å². The average molecular weight is 280 g/mol. The molecule has 0 saturated carbocycles. The van der Waals surface area contributed by atoms with Crippen LogP contribution in [0.15, 0.2) is 36.8 Å². The van der Waals surface area contributed by atoms with Crippen LogP contribution in [-0.2, 0) is 6.54 Å². The van der Waals surface area contributed by atoms with Crippen LogP contribution in [0.2, 0.25) is 0 Å². The molecule has 0 radical (unpaired) electrons. The minimum atomic E-state index is -0.225. The highest BCUT2D eigenvalue weighted by Gasteiger charge is 2.07. The number of carbonyl (C=O) groups is 1. The van der Waals surface area contributed by atoms with E-state index in [4.69, 9.17) is 5.73 Å². The summed E-state index contributed by atoms with van der Waals surface area (Å²) in [6.07, 6.45) is 5.03. The summed E-state index contributed by atoms with van der Waals surface area (Å²) in [4.78, 5) is 20.1. The standard InChI is InChI=1S/C16H16N4O/c1-12-6-8-18-10-14(12)11-20-16(21)15-5-4-13(9-19-15)3-2-7-17/h4-6,8-10H,7,11,17H2,1H3,(H,20,21). The van der Waals surface area contributed by atoms with Crippen LogP contribution in [0, 0.1) is 18.8 Å². The van der Waals surface area contributed by atoms with Gasteiger partial charge in [-0.25, -0.2) is 4.98 Å². The number of nitrogens with one attached hydrogen (secondary N) is 1. The third-order valence-electron chi connectivity index (χ3n) is 2.92. The Labute approximate surface area is 123 Å². The van der Waals surface area contributed by atoms with Gasteiger partial charge in [0.05, 0.1) is 6.54 Å². The molecule has 2 aromatic heterocycles. The molecule has 1 amide bonds. The lowest BCUT2D eigenvalue weighted by atomic mass is 10.1. The monoisotopic (exact) mass is 280 g/mol. The Morgan fingerprint density at radius 1 is 1.33 bits per heavy atom. The molecule has 0 saturated heterocycles. The van der Waals surface area contributed by atoms with Gasteiger partial charge in [0.25, 0.3) is 5.91 Å². The third-order valence-corrected chi connectivity index (χ3v) is 2.92. The molecule has 5 nitrogen and oxygen atoms in total. The number of nitrogens with zero attached hydrogens (tertiary/aromatic N) is 2. The number of hydrogen-bond acceptors (Lipinski definition) is 4. The largest absolute Gasteiger partial charge is 0.347 e. The van der Waals surface area contributed by atoms with E-state index in [2.05, 4.69) is 27.1 Å². The zero-order valence-electron chi connectivity index (χ0n) is 11.8. The molecule has 2 heterocycles. The summed E-state index contributed by atoms with van der Waals surface area (Å²) in [7, 11) is 0.